The van der Waals surface area contributed by atoms with E-state index in [1.54, 1.807) is 11.3 Å². The third-order valence-electron chi connectivity index (χ3n) is 2.90. The zero-order valence-corrected chi connectivity index (χ0v) is 11.2. The summed E-state index contributed by atoms with van der Waals surface area (Å²) < 4.78 is 0. The van der Waals surface area contributed by atoms with Crippen molar-refractivity contribution in [1.29, 1.82) is 0 Å². The second kappa shape index (κ2) is 5.25. The van der Waals surface area contributed by atoms with E-state index in [9.17, 15) is 0 Å². The van der Waals surface area contributed by atoms with Gasteiger partial charge >= 0.3 is 0 Å². The average Bonchev–Trinajstić information content (AvgIpc) is 3.00. The fraction of sp³-hybridized carbons (Fsp3) is 0.417. The van der Waals surface area contributed by atoms with E-state index in [0.29, 0.717) is 0 Å². The van der Waals surface area contributed by atoms with Gasteiger partial charge in [-0.3, -0.25) is 10.00 Å². The van der Waals surface area contributed by atoms with E-state index >= 15 is 0 Å². The number of rotatable bonds is 3. The Hall–Kier alpha value is -0.780. The van der Waals surface area contributed by atoms with Crippen LogP contribution in [0.1, 0.15) is 5.69 Å². The fourth-order valence-electron chi connectivity index (χ4n) is 1.99. The molecule has 0 saturated carbocycles. The molecule has 3 heterocycles. The highest BCUT2D eigenvalue weighted by Crippen LogP contribution is 2.23. The fourth-order valence-corrected chi connectivity index (χ4v) is 3.66. The van der Waals surface area contributed by atoms with E-state index in [1.165, 1.54) is 35.2 Å². The molecule has 0 atom stereocenters. The molecular weight excluding hydrogens is 250 g/mol. The molecule has 90 valence electrons. The molecular formula is C12H15N3S2. The van der Waals surface area contributed by atoms with Crippen LogP contribution in [0.25, 0.3) is 10.6 Å². The molecule has 0 radical (unpaired) electrons. The van der Waals surface area contributed by atoms with Gasteiger partial charge in [0.05, 0.1) is 4.88 Å². The molecule has 1 N–H and O–H groups in total. The van der Waals surface area contributed by atoms with Crippen molar-refractivity contribution < 1.29 is 0 Å². The first kappa shape index (κ1) is 11.3. The second-order valence-electron chi connectivity index (χ2n) is 4.14. The maximum absolute atomic E-state index is 4.38. The summed E-state index contributed by atoms with van der Waals surface area (Å²) in [5, 5.41) is 9.62. The molecule has 3 rings (SSSR count). The topological polar surface area (TPSA) is 31.9 Å². The smallest absolute Gasteiger partial charge is 0.102 e. The lowest BCUT2D eigenvalue weighted by molar-refractivity contribution is 0.291. The third kappa shape index (κ3) is 2.73. The van der Waals surface area contributed by atoms with Crippen LogP contribution in [0.5, 0.6) is 0 Å². The Morgan fingerprint density at radius 1 is 1.35 bits per heavy atom. The summed E-state index contributed by atoms with van der Waals surface area (Å²) in [7, 11) is 0. The number of thioether (sulfide) groups is 1. The van der Waals surface area contributed by atoms with Crippen LogP contribution in [0.3, 0.4) is 0 Å². The molecule has 2 aromatic heterocycles. The van der Waals surface area contributed by atoms with Crippen molar-refractivity contribution in [2.45, 2.75) is 6.54 Å². The number of aromatic nitrogens is 2. The highest BCUT2D eigenvalue weighted by molar-refractivity contribution is 7.99. The van der Waals surface area contributed by atoms with Gasteiger partial charge in [-0.2, -0.15) is 16.9 Å². The molecule has 1 fully saturated rings. The molecule has 5 heteroatoms. The third-order valence-corrected chi connectivity index (χ3v) is 4.74. The Morgan fingerprint density at radius 3 is 3.00 bits per heavy atom. The van der Waals surface area contributed by atoms with Gasteiger partial charge in [-0.05, 0) is 17.5 Å². The summed E-state index contributed by atoms with van der Waals surface area (Å²) in [6.45, 7) is 3.38. The van der Waals surface area contributed by atoms with Crippen LogP contribution in [-0.4, -0.2) is 39.7 Å². The molecule has 0 bridgehead atoms. The maximum Gasteiger partial charge on any atom is 0.102 e. The van der Waals surface area contributed by atoms with Crippen molar-refractivity contribution in [3.05, 3.63) is 29.3 Å². The number of nitrogens with zero attached hydrogens (tertiary/aromatic N) is 2. The first-order chi connectivity index (χ1) is 8.42. The lowest BCUT2D eigenvalue weighted by Gasteiger charge is -2.25. The molecule has 0 spiro atoms. The highest BCUT2D eigenvalue weighted by atomic mass is 32.2. The van der Waals surface area contributed by atoms with Crippen LogP contribution in [0.15, 0.2) is 23.6 Å². The van der Waals surface area contributed by atoms with E-state index in [0.717, 1.165) is 12.2 Å². The minimum absolute atomic E-state index is 0.999. The lowest BCUT2D eigenvalue weighted by atomic mass is 10.3. The Labute approximate surface area is 109 Å². The van der Waals surface area contributed by atoms with Crippen molar-refractivity contribution in [2.24, 2.45) is 0 Å². The van der Waals surface area contributed by atoms with Gasteiger partial charge < -0.3 is 0 Å². The SMILES string of the molecule is c1csc(-c2cc(CN3CCSCC3)[nH]n2)c1. The van der Waals surface area contributed by atoms with Gasteiger partial charge in [-0.25, -0.2) is 0 Å². The Balaban J connectivity index is 1.68. The minimum Gasteiger partial charge on any atom is -0.296 e. The summed E-state index contributed by atoms with van der Waals surface area (Å²) in [5.74, 6) is 2.51. The van der Waals surface area contributed by atoms with Gasteiger partial charge in [0.1, 0.15) is 5.69 Å². The van der Waals surface area contributed by atoms with Crippen LogP contribution >= 0.6 is 23.1 Å². The van der Waals surface area contributed by atoms with Gasteiger partial charge in [0, 0.05) is 36.8 Å². The molecule has 2 aromatic rings. The summed E-state index contributed by atoms with van der Waals surface area (Å²) in [6, 6.07) is 6.35. The van der Waals surface area contributed by atoms with E-state index < -0.39 is 0 Å². The van der Waals surface area contributed by atoms with Gasteiger partial charge in [-0.1, -0.05) is 6.07 Å². The molecule has 1 aliphatic heterocycles. The standard InChI is InChI=1S/C12H15N3S2/c1-2-12(17-5-1)11-8-10(13-14-11)9-15-3-6-16-7-4-15/h1-2,5,8H,3-4,6-7,9H2,(H,13,14). The minimum atomic E-state index is 0.999. The van der Waals surface area contributed by atoms with E-state index in [2.05, 4.69) is 38.7 Å². The summed E-state index contributed by atoms with van der Waals surface area (Å²) in [4.78, 5) is 3.73. The second-order valence-corrected chi connectivity index (χ2v) is 6.32. The lowest BCUT2D eigenvalue weighted by Crippen LogP contribution is -2.32. The monoisotopic (exact) mass is 265 g/mol. The quantitative estimate of drug-likeness (QED) is 0.926. The van der Waals surface area contributed by atoms with Crippen molar-refractivity contribution >= 4 is 23.1 Å². The molecule has 0 unspecified atom stereocenters. The number of aromatic amines is 1. The molecule has 0 aromatic carbocycles. The predicted octanol–water partition coefficient (Wildman–Crippen LogP) is 2.69. The van der Waals surface area contributed by atoms with Crippen LogP contribution in [0.2, 0.25) is 0 Å². The highest BCUT2D eigenvalue weighted by Gasteiger charge is 2.12. The van der Waals surface area contributed by atoms with Crippen molar-refractivity contribution in [3.8, 4) is 10.6 Å². The maximum atomic E-state index is 4.38. The van der Waals surface area contributed by atoms with Gasteiger partial charge in [0.25, 0.3) is 0 Å². The zero-order valence-electron chi connectivity index (χ0n) is 9.56. The normalized spacial score (nSPS) is 17.4. The van der Waals surface area contributed by atoms with Crippen molar-refractivity contribution in [1.82, 2.24) is 15.1 Å². The van der Waals surface area contributed by atoms with Crippen LogP contribution < -0.4 is 0 Å². The molecule has 1 aliphatic rings. The average molecular weight is 265 g/mol. The number of thiophene rings is 1. The number of H-pyrrole nitrogens is 1. The first-order valence-electron chi connectivity index (χ1n) is 5.80. The predicted molar refractivity (Wildman–Crippen MR) is 74.5 cm³/mol. The van der Waals surface area contributed by atoms with Crippen molar-refractivity contribution in [2.75, 3.05) is 24.6 Å². The zero-order chi connectivity index (χ0) is 11.5. The largest absolute Gasteiger partial charge is 0.296 e. The van der Waals surface area contributed by atoms with Gasteiger partial charge in [-0.15, -0.1) is 11.3 Å². The number of nitrogens with one attached hydrogen (secondary N) is 1. The van der Waals surface area contributed by atoms with Gasteiger partial charge in [0.2, 0.25) is 0 Å². The Bertz CT molecular complexity index is 458. The van der Waals surface area contributed by atoms with E-state index in [4.69, 9.17) is 0 Å². The Kier molecular flexibility index (Phi) is 3.49. The van der Waals surface area contributed by atoms with Crippen LogP contribution in [0, 0.1) is 0 Å². The molecule has 1 saturated heterocycles. The van der Waals surface area contributed by atoms with E-state index in [1.807, 2.05) is 11.8 Å². The van der Waals surface area contributed by atoms with E-state index in [-0.39, 0.29) is 0 Å². The molecule has 0 aliphatic carbocycles. The molecule has 0 amide bonds. The van der Waals surface area contributed by atoms with Crippen LogP contribution in [-0.2, 0) is 6.54 Å². The summed E-state index contributed by atoms with van der Waals surface area (Å²) >= 11 is 3.78. The summed E-state index contributed by atoms with van der Waals surface area (Å²) in [6.07, 6.45) is 0. The first-order valence-corrected chi connectivity index (χ1v) is 7.83. The van der Waals surface area contributed by atoms with Gasteiger partial charge in [0.15, 0.2) is 0 Å². The Morgan fingerprint density at radius 2 is 2.24 bits per heavy atom. The molecule has 17 heavy (non-hydrogen) atoms. The number of hydrogen-bond acceptors (Lipinski definition) is 4. The van der Waals surface area contributed by atoms with Crippen LogP contribution in [0.4, 0.5) is 0 Å². The van der Waals surface area contributed by atoms with Crippen molar-refractivity contribution in [3.63, 3.8) is 0 Å². The number of hydrogen-bond donors (Lipinski definition) is 1. The summed E-state index contributed by atoms with van der Waals surface area (Å²) in [5.41, 5.74) is 2.29. The molecule has 3 nitrogen and oxygen atoms in total.